The third-order valence-electron chi connectivity index (χ3n) is 4.27. The lowest BCUT2D eigenvalue weighted by atomic mass is 9.95. The third-order valence-corrected chi connectivity index (χ3v) is 4.27. The van der Waals surface area contributed by atoms with Crippen molar-refractivity contribution < 1.29 is 18.7 Å². The van der Waals surface area contributed by atoms with Gasteiger partial charge in [-0.15, -0.1) is 0 Å². The van der Waals surface area contributed by atoms with Crippen LogP contribution in [-0.2, 0) is 9.53 Å². The second-order valence-corrected chi connectivity index (χ2v) is 5.93. The monoisotopic (exact) mass is 318 g/mol. The molecule has 1 fully saturated rings. The molecule has 0 bridgehead atoms. The smallest absolute Gasteiger partial charge is 0.338 e. The van der Waals surface area contributed by atoms with Gasteiger partial charge in [0.15, 0.2) is 0 Å². The number of hydrogen-bond donors (Lipinski definition) is 2. The van der Waals surface area contributed by atoms with Crippen molar-refractivity contribution >= 4 is 12.0 Å². The van der Waals surface area contributed by atoms with Crippen molar-refractivity contribution in [2.24, 2.45) is 0 Å². The Morgan fingerprint density at radius 1 is 1.22 bits per heavy atom. The highest BCUT2D eigenvalue weighted by molar-refractivity contribution is 5.95. The molecule has 1 aromatic carbocycles. The zero-order chi connectivity index (χ0) is 16.4. The Balaban J connectivity index is 1.88. The molecule has 0 unspecified atom stereocenters. The van der Waals surface area contributed by atoms with E-state index in [2.05, 4.69) is 10.6 Å². The standard InChI is InChI=1S/C17H19FN2O3/c1-10-14(16(21)23-13-4-2-3-5-13)15(20-17(22)19-10)11-6-8-12(18)9-7-11/h6-9,13,15H,2-5H2,1H3,(H2,19,20,22)/t15-/m1/s1. The first kappa shape index (κ1) is 15.5. The van der Waals surface area contributed by atoms with E-state index >= 15 is 0 Å². The quantitative estimate of drug-likeness (QED) is 0.842. The molecule has 2 N–H and O–H groups in total. The predicted octanol–water partition coefficient (Wildman–Crippen LogP) is 2.94. The molecule has 0 saturated heterocycles. The first-order valence-electron chi connectivity index (χ1n) is 7.79. The molecule has 1 atom stereocenters. The van der Waals surface area contributed by atoms with Crippen LogP contribution in [0.1, 0.15) is 44.2 Å². The fourth-order valence-electron chi connectivity index (χ4n) is 3.09. The largest absolute Gasteiger partial charge is 0.459 e. The molecule has 0 aromatic heterocycles. The van der Waals surface area contributed by atoms with Gasteiger partial charge in [0.25, 0.3) is 0 Å². The maximum Gasteiger partial charge on any atom is 0.338 e. The van der Waals surface area contributed by atoms with Gasteiger partial charge in [-0.25, -0.2) is 14.0 Å². The Kier molecular flexibility index (Phi) is 4.32. The van der Waals surface area contributed by atoms with Crippen LogP contribution in [0.4, 0.5) is 9.18 Å². The number of allylic oxidation sites excluding steroid dienone is 1. The summed E-state index contributed by atoms with van der Waals surface area (Å²) in [5.41, 5.74) is 1.47. The number of carbonyl (C=O) groups excluding carboxylic acids is 2. The average molecular weight is 318 g/mol. The van der Waals surface area contributed by atoms with Gasteiger partial charge in [0.2, 0.25) is 0 Å². The average Bonchev–Trinajstić information content (AvgIpc) is 3.00. The van der Waals surface area contributed by atoms with E-state index in [4.69, 9.17) is 4.74 Å². The number of carbonyl (C=O) groups is 2. The summed E-state index contributed by atoms with van der Waals surface area (Å²) in [6, 6.07) is 4.69. The van der Waals surface area contributed by atoms with E-state index in [9.17, 15) is 14.0 Å². The molecule has 1 aromatic rings. The second-order valence-electron chi connectivity index (χ2n) is 5.93. The van der Waals surface area contributed by atoms with Crippen molar-refractivity contribution in [1.82, 2.24) is 10.6 Å². The summed E-state index contributed by atoms with van der Waals surface area (Å²) in [6.07, 6.45) is 3.81. The lowest BCUT2D eigenvalue weighted by Gasteiger charge is -2.28. The number of hydrogen-bond acceptors (Lipinski definition) is 3. The summed E-state index contributed by atoms with van der Waals surface area (Å²) in [5.74, 6) is -0.805. The molecular weight excluding hydrogens is 299 g/mol. The van der Waals surface area contributed by atoms with Crippen molar-refractivity contribution in [3.63, 3.8) is 0 Å². The SMILES string of the molecule is CC1=C(C(=O)OC2CCCC2)[C@@H](c2ccc(F)cc2)NC(=O)N1. The summed E-state index contributed by atoms with van der Waals surface area (Å²) >= 11 is 0. The predicted molar refractivity (Wildman–Crippen MR) is 81.9 cm³/mol. The molecule has 122 valence electrons. The van der Waals surface area contributed by atoms with Gasteiger partial charge in [0, 0.05) is 5.70 Å². The van der Waals surface area contributed by atoms with Crippen LogP contribution in [0.3, 0.4) is 0 Å². The number of nitrogens with one attached hydrogen (secondary N) is 2. The van der Waals surface area contributed by atoms with Crippen molar-refractivity contribution in [2.45, 2.75) is 44.8 Å². The summed E-state index contributed by atoms with van der Waals surface area (Å²) in [5, 5.41) is 5.31. The molecule has 5 nitrogen and oxygen atoms in total. The van der Waals surface area contributed by atoms with Crippen LogP contribution >= 0.6 is 0 Å². The molecule has 1 aliphatic carbocycles. The van der Waals surface area contributed by atoms with Crippen LogP contribution in [0.5, 0.6) is 0 Å². The highest BCUT2D eigenvalue weighted by Crippen LogP contribution is 2.30. The lowest BCUT2D eigenvalue weighted by Crippen LogP contribution is -2.45. The van der Waals surface area contributed by atoms with Crippen LogP contribution in [0.2, 0.25) is 0 Å². The Morgan fingerprint density at radius 2 is 1.87 bits per heavy atom. The summed E-state index contributed by atoms with van der Waals surface area (Å²) in [6.45, 7) is 1.67. The number of benzene rings is 1. The highest BCUT2D eigenvalue weighted by Gasteiger charge is 2.33. The molecule has 2 amide bonds. The zero-order valence-electron chi connectivity index (χ0n) is 12.9. The van der Waals surface area contributed by atoms with E-state index in [1.165, 1.54) is 12.1 Å². The summed E-state index contributed by atoms with van der Waals surface area (Å²) in [7, 11) is 0. The topological polar surface area (TPSA) is 67.4 Å². The second kappa shape index (κ2) is 6.40. The van der Waals surface area contributed by atoms with Crippen LogP contribution in [0.25, 0.3) is 0 Å². The molecular formula is C17H19FN2O3. The van der Waals surface area contributed by atoms with Crippen molar-refractivity contribution in [2.75, 3.05) is 0 Å². The number of esters is 1. The van der Waals surface area contributed by atoms with Gasteiger partial charge >= 0.3 is 12.0 Å². The lowest BCUT2D eigenvalue weighted by molar-refractivity contribution is -0.144. The van der Waals surface area contributed by atoms with Gasteiger partial charge in [-0.2, -0.15) is 0 Å². The van der Waals surface area contributed by atoms with Gasteiger partial charge in [0.1, 0.15) is 11.9 Å². The highest BCUT2D eigenvalue weighted by atomic mass is 19.1. The van der Waals surface area contributed by atoms with E-state index in [0.717, 1.165) is 25.7 Å². The first-order chi connectivity index (χ1) is 11.0. The van der Waals surface area contributed by atoms with E-state index in [1.54, 1.807) is 19.1 Å². The molecule has 0 radical (unpaired) electrons. The van der Waals surface area contributed by atoms with Crippen molar-refractivity contribution in [1.29, 1.82) is 0 Å². The van der Waals surface area contributed by atoms with Crippen LogP contribution in [0.15, 0.2) is 35.5 Å². The third kappa shape index (κ3) is 3.36. The minimum atomic E-state index is -0.641. The molecule has 1 saturated carbocycles. The Bertz CT molecular complexity index is 648. The van der Waals surface area contributed by atoms with Crippen LogP contribution < -0.4 is 10.6 Å². The Morgan fingerprint density at radius 3 is 2.52 bits per heavy atom. The van der Waals surface area contributed by atoms with E-state index in [1.807, 2.05) is 0 Å². The molecule has 2 aliphatic rings. The van der Waals surface area contributed by atoms with E-state index in [-0.39, 0.29) is 11.9 Å². The molecule has 1 heterocycles. The van der Waals surface area contributed by atoms with Gasteiger partial charge in [-0.1, -0.05) is 12.1 Å². The van der Waals surface area contributed by atoms with Gasteiger partial charge in [-0.3, -0.25) is 0 Å². The fourth-order valence-corrected chi connectivity index (χ4v) is 3.09. The van der Waals surface area contributed by atoms with Gasteiger partial charge < -0.3 is 15.4 Å². The molecule has 23 heavy (non-hydrogen) atoms. The summed E-state index contributed by atoms with van der Waals surface area (Å²) < 4.78 is 18.7. The number of rotatable bonds is 3. The normalized spacial score (nSPS) is 21.8. The van der Waals surface area contributed by atoms with Gasteiger partial charge in [-0.05, 0) is 50.3 Å². The number of amides is 2. The van der Waals surface area contributed by atoms with Crippen LogP contribution in [0, 0.1) is 5.82 Å². The van der Waals surface area contributed by atoms with Crippen LogP contribution in [-0.4, -0.2) is 18.1 Å². The maximum absolute atomic E-state index is 13.1. The minimum absolute atomic E-state index is 0.0608. The number of halogens is 1. The number of urea groups is 1. The molecule has 3 rings (SSSR count). The van der Waals surface area contributed by atoms with E-state index < -0.39 is 18.0 Å². The minimum Gasteiger partial charge on any atom is -0.459 e. The zero-order valence-corrected chi connectivity index (χ0v) is 12.9. The van der Waals surface area contributed by atoms with Crippen molar-refractivity contribution in [3.05, 3.63) is 46.9 Å². The Labute approximate surface area is 133 Å². The van der Waals surface area contributed by atoms with E-state index in [0.29, 0.717) is 16.8 Å². The number of ether oxygens (including phenoxy) is 1. The van der Waals surface area contributed by atoms with Gasteiger partial charge in [0.05, 0.1) is 11.6 Å². The Hall–Kier alpha value is -2.37. The maximum atomic E-state index is 13.1. The summed E-state index contributed by atoms with van der Waals surface area (Å²) in [4.78, 5) is 24.3. The first-order valence-corrected chi connectivity index (χ1v) is 7.79. The molecule has 0 spiro atoms. The van der Waals surface area contributed by atoms with Crippen molar-refractivity contribution in [3.8, 4) is 0 Å². The fraction of sp³-hybridized carbons (Fsp3) is 0.412. The molecule has 1 aliphatic heterocycles. The molecule has 6 heteroatoms.